The minimum atomic E-state index is -1.18. The largest absolute Gasteiger partial charge is 0.387 e. The highest BCUT2D eigenvalue weighted by atomic mass is 16.8. The molecule has 2 N–H and O–H groups in total. The average molecular weight is 449 g/mol. The Balaban J connectivity index is 1.53. The monoisotopic (exact) mass is 448 g/mol. The SMILES string of the molecule is CC1O[C@H]2O[C@H](COC(c3ccccc3)(c3ccccc3)c3ccccc3)[C@H](O)[C@H](O)[C@H]2O1. The van der Waals surface area contributed by atoms with Crippen molar-refractivity contribution in [2.24, 2.45) is 0 Å². The molecule has 1 unspecified atom stereocenters. The molecule has 2 heterocycles. The predicted molar refractivity (Wildman–Crippen MR) is 121 cm³/mol. The minimum Gasteiger partial charge on any atom is -0.387 e. The van der Waals surface area contributed by atoms with E-state index in [0.717, 1.165) is 16.7 Å². The maximum Gasteiger partial charge on any atom is 0.190 e. The van der Waals surface area contributed by atoms with Gasteiger partial charge in [-0.05, 0) is 23.6 Å². The number of fused-ring (bicyclic) bond motifs is 1. The molecule has 33 heavy (non-hydrogen) atoms. The molecule has 172 valence electrons. The van der Waals surface area contributed by atoms with Gasteiger partial charge in [0, 0.05) is 0 Å². The summed E-state index contributed by atoms with van der Waals surface area (Å²) in [5.41, 5.74) is 1.88. The zero-order chi connectivity index (χ0) is 22.8. The minimum absolute atomic E-state index is 0.0257. The van der Waals surface area contributed by atoms with Crippen molar-refractivity contribution in [2.75, 3.05) is 6.61 Å². The van der Waals surface area contributed by atoms with Crippen LogP contribution in [0.4, 0.5) is 0 Å². The van der Waals surface area contributed by atoms with Crippen molar-refractivity contribution in [2.45, 2.75) is 49.5 Å². The summed E-state index contributed by atoms with van der Waals surface area (Å²) in [4.78, 5) is 0. The Morgan fingerprint density at radius 3 is 1.67 bits per heavy atom. The van der Waals surface area contributed by atoms with E-state index in [9.17, 15) is 10.2 Å². The second kappa shape index (κ2) is 9.35. The van der Waals surface area contributed by atoms with E-state index in [1.165, 1.54) is 0 Å². The Morgan fingerprint density at radius 1 is 0.697 bits per heavy atom. The van der Waals surface area contributed by atoms with Crippen LogP contribution >= 0.6 is 0 Å². The van der Waals surface area contributed by atoms with Crippen LogP contribution in [-0.2, 0) is 24.5 Å². The normalized spacial score (nSPS) is 29.5. The highest BCUT2D eigenvalue weighted by molar-refractivity contribution is 5.47. The van der Waals surface area contributed by atoms with Crippen LogP contribution in [0.15, 0.2) is 91.0 Å². The first-order chi connectivity index (χ1) is 16.1. The van der Waals surface area contributed by atoms with E-state index in [0.29, 0.717) is 0 Å². The standard InChI is InChI=1S/C27H28O6/c1-18-31-25-24(29)23(28)22(33-26(25)32-18)17-30-27(19-11-5-2-6-12-19,20-13-7-3-8-14-20)21-15-9-4-10-16-21/h2-16,18,22-26,28-29H,17H2,1H3/t18?,22-,23+,24+,25-,26+/m1/s1. The third kappa shape index (κ3) is 4.10. The number of rotatable bonds is 6. The Labute approximate surface area is 193 Å². The number of aliphatic hydroxyl groups excluding tert-OH is 2. The average Bonchev–Trinajstić information content (AvgIpc) is 3.25. The van der Waals surface area contributed by atoms with Crippen molar-refractivity contribution >= 4 is 0 Å². The van der Waals surface area contributed by atoms with Gasteiger partial charge < -0.3 is 29.2 Å². The Kier molecular flexibility index (Phi) is 6.29. The topological polar surface area (TPSA) is 77.4 Å². The van der Waals surface area contributed by atoms with E-state index in [4.69, 9.17) is 18.9 Å². The summed E-state index contributed by atoms with van der Waals surface area (Å²) in [5.74, 6) is 0. The summed E-state index contributed by atoms with van der Waals surface area (Å²) in [6.45, 7) is 1.76. The molecule has 2 saturated heterocycles. The summed E-state index contributed by atoms with van der Waals surface area (Å²) in [6, 6.07) is 29.9. The molecule has 6 heteroatoms. The van der Waals surface area contributed by atoms with E-state index < -0.39 is 42.6 Å². The summed E-state index contributed by atoms with van der Waals surface area (Å²) in [6.07, 6.45) is -5.12. The number of benzene rings is 3. The van der Waals surface area contributed by atoms with Gasteiger partial charge in [0.2, 0.25) is 0 Å². The quantitative estimate of drug-likeness (QED) is 0.564. The molecular weight excluding hydrogens is 420 g/mol. The maximum absolute atomic E-state index is 10.8. The molecule has 0 spiro atoms. The van der Waals surface area contributed by atoms with Crippen LogP contribution in [0.2, 0.25) is 0 Å². The van der Waals surface area contributed by atoms with Gasteiger partial charge in [-0.15, -0.1) is 0 Å². The molecule has 0 amide bonds. The van der Waals surface area contributed by atoms with Crippen LogP contribution in [0.25, 0.3) is 0 Å². The summed E-state index contributed by atoms with van der Waals surface area (Å²) in [7, 11) is 0. The smallest absolute Gasteiger partial charge is 0.190 e. The number of aliphatic hydroxyl groups is 2. The summed E-state index contributed by atoms with van der Waals surface area (Å²) < 4.78 is 23.9. The highest BCUT2D eigenvalue weighted by Crippen LogP contribution is 2.41. The van der Waals surface area contributed by atoms with Gasteiger partial charge in [-0.25, -0.2) is 0 Å². The van der Waals surface area contributed by atoms with Crippen molar-refractivity contribution in [1.82, 2.24) is 0 Å². The van der Waals surface area contributed by atoms with Crippen LogP contribution < -0.4 is 0 Å². The fourth-order valence-electron chi connectivity index (χ4n) is 4.72. The van der Waals surface area contributed by atoms with Gasteiger partial charge in [-0.1, -0.05) is 91.0 Å². The molecule has 3 aromatic rings. The third-order valence-electron chi connectivity index (χ3n) is 6.32. The maximum atomic E-state index is 10.8. The molecule has 2 fully saturated rings. The van der Waals surface area contributed by atoms with Crippen molar-refractivity contribution in [3.8, 4) is 0 Å². The van der Waals surface area contributed by atoms with Gasteiger partial charge in [0.1, 0.15) is 30.0 Å². The molecule has 6 atom stereocenters. The molecule has 3 aromatic carbocycles. The highest BCUT2D eigenvalue weighted by Gasteiger charge is 2.51. The predicted octanol–water partition coefficient (Wildman–Crippen LogP) is 3.20. The number of hydrogen-bond acceptors (Lipinski definition) is 6. The van der Waals surface area contributed by atoms with E-state index in [1.807, 2.05) is 91.0 Å². The Morgan fingerprint density at radius 2 is 1.18 bits per heavy atom. The first kappa shape index (κ1) is 22.2. The Bertz CT molecular complexity index is 930. The lowest BCUT2D eigenvalue weighted by Crippen LogP contribution is -2.58. The van der Waals surface area contributed by atoms with Gasteiger partial charge in [0.05, 0.1) is 6.61 Å². The number of ether oxygens (including phenoxy) is 4. The zero-order valence-electron chi connectivity index (χ0n) is 18.4. The van der Waals surface area contributed by atoms with Gasteiger partial charge in [0.15, 0.2) is 12.6 Å². The van der Waals surface area contributed by atoms with Crippen molar-refractivity contribution in [3.05, 3.63) is 108 Å². The van der Waals surface area contributed by atoms with E-state index in [-0.39, 0.29) is 6.61 Å². The molecular formula is C27H28O6. The fourth-order valence-corrected chi connectivity index (χ4v) is 4.72. The van der Waals surface area contributed by atoms with Gasteiger partial charge in [0.25, 0.3) is 0 Å². The lowest BCUT2D eigenvalue weighted by Gasteiger charge is -2.41. The second-order valence-electron chi connectivity index (χ2n) is 8.42. The molecule has 5 rings (SSSR count). The lowest BCUT2D eigenvalue weighted by atomic mass is 9.80. The molecule has 2 aliphatic rings. The fraction of sp³-hybridized carbons (Fsp3) is 0.333. The van der Waals surface area contributed by atoms with Crippen molar-refractivity contribution in [1.29, 1.82) is 0 Å². The second-order valence-corrected chi connectivity index (χ2v) is 8.42. The third-order valence-corrected chi connectivity index (χ3v) is 6.32. The van der Waals surface area contributed by atoms with E-state index in [2.05, 4.69) is 0 Å². The van der Waals surface area contributed by atoms with Crippen molar-refractivity contribution in [3.63, 3.8) is 0 Å². The molecule has 0 saturated carbocycles. The molecule has 2 aliphatic heterocycles. The van der Waals surface area contributed by atoms with E-state index in [1.54, 1.807) is 6.92 Å². The molecule has 0 aliphatic carbocycles. The lowest BCUT2D eigenvalue weighted by molar-refractivity contribution is -0.260. The molecule has 0 radical (unpaired) electrons. The summed E-state index contributed by atoms with van der Waals surface area (Å²) >= 11 is 0. The first-order valence-electron chi connectivity index (χ1n) is 11.2. The van der Waals surface area contributed by atoms with Crippen LogP contribution in [0.1, 0.15) is 23.6 Å². The van der Waals surface area contributed by atoms with Crippen LogP contribution in [0.5, 0.6) is 0 Å². The molecule has 0 aromatic heterocycles. The van der Waals surface area contributed by atoms with Gasteiger partial charge in [-0.2, -0.15) is 0 Å². The van der Waals surface area contributed by atoms with Gasteiger partial charge >= 0.3 is 0 Å². The Hall–Kier alpha value is -2.58. The molecule has 6 nitrogen and oxygen atoms in total. The zero-order valence-corrected chi connectivity index (χ0v) is 18.4. The van der Waals surface area contributed by atoms with E-state index >= 15 is 0 Å². The summed E-state index contributed by atoms with van der Waals surface area (Å²) in [5, 5.41) is 21.4. The number of hydrogen-bond donors (Lipinski definition) is 2. The first-order valence-corrected chi connectivity index (χ1v) is 11.2. The molecule has 0 bridgehead atoms. The van der Waals surface area contributed by atoms with Crippen LogP contribution in [0.3, 0.4) is 0 Å². The van der Waals surface area contributed by atoms with Crippen LogP contribution in [-0.4, -0.2) is 53.8 Å². The van der Waals surface area contributed by atoms with Crippen LogP contribution in [0, 0.1) is 0 Å². The van der Waals surface area contributed by atoms with Crippen molar-refractivity contribution < 1.29 is 29.2 Å². The van der Waals surface area contributed by atoms with Gasteiger partial charge in [-0.3, -0.25) is 0 Å².